The van der Waals surface area contributed by atoms with Crippen LogP contribution in [0.1, 0.15) is 153 Å². The quantitative estimate of drug-likeness (QED) is 0.0628. The van der Waals surface area contributed by atoms with E-state index in [2.05, 4.69) is 74.5 Å². The van der Waals surface area contributed by atoms with E-state index in [0.29, 0.717) is 0 Å². The minimum absolute atomic E-state index is 1.21. The van der Waals surface area contributed by atoms with Crippen LogP contribution in [0.5, 0.6) is 0 Å². The van der Waals surface area contributed by atoms with Gasteiger partial charge >= 0.3 is 0 Å². The average molecular weight is 677 g/mol. The summed E-state index contributed by atoms with van der Waals surface area (Å²) in [5.74, 6) is 0. The lowest BCUT2D eigenvalue weighted by Crippen LogP contribution is -1.87. The first-order valence-electron chi connectivity index (χ1n) is 20.0. The van der Waals surface area contributed by atoms with Crippen molar-refractivity contribution in [2.45, 2.75) is 155 Å². The van der Waals surface area contributed by atoms with E-state index in [1.165, 1.54) is 204 Å². The van der Waals surface area contributed by atoms with Crippen molar-refractivity contribution >= 4 is 73.8 Å². The van der Waals surface area contributed by atoms with Crippen molar-refractivity contribution < 1.29 is 0 Å². The number of fused-ring (bicyclic) bond motifs is 7. The normalized spacial score (nSPS) is 12.1. The van der Waals surface area contributed by atoms with E-state index < -0.39 is 0 Å². The van der Waals surface area contributed by atoms with Crippen LogP contribution < -0.4 is 0 Å². The largest absolute Gasteiger partial charge is 0.134 e. The molecule has 2 heterocycles. The zero-order chi connectivity index (χ0) is 33.0. The summed E-state index contributed by atoms with van der Waals surface area (Å²) >= 11 is 3.99. The molecule has 0 amide bonds. The highest BCUT2D eigenvalue weighted by Gasteiger charge is 2.14. The molecule has 0 N–H and O–H groups in total. The Balaban J connectivity index is 1.06. The predicted molar refractivity (Wildman–Crippen MR) is 221 cm³/mol. The molecule has 0 aliphatic carbocycles. The maximum absolute atomic E-state index is 2.49. The van der Waals surface area contributed by atoms with Crippen LogP contribution in [0.15, 0.2) is 60.7 Å². The summed E-state index contributed by atoms with van der Waals surface area (Å²) in [6.45, 7) is 4.60. The Hall–Kier alpha value is -2.42. The first-order chi connectivity index (χ1) is 23.7. The van der Waals surface area contributed by atoms with Crippen molar-refractivity contribution in [2.24, 2.45) is 0 Å². The summed E-state index contributed by atoms with van der Waals surface area (Å²) < 4.78 is 5.83. The lowest BCUT2D eigenvalue weighted by molar-refractivity contribution is 0.556. The maximum atomic E-state index is 2.49. The smallest absolute Gasteiger partial charge is 0.0542 e. The minimum Gasteiger partial charge on any atom is -0.134 e. The number of thiophene rings is 2. The van der Waals surface area contributed by atoms with Gasteiger partial charge in [0.25, 0.3) is 0 Å². The fourth-order valence-electron chi connectivity index (χ4n) is 7.79. The van der Waals surface area contributed by atoms with Gasteiger partial charge in [-0.2, -0.15) is 0 Å². The van der Waals surface area contributed by atoms with Crippen LogP contribution in [0.3, 0.4) is 0 Å². The van der Waals surface area contributed by atoms with Crippen LogP contribution in [0, 0.1) is 0 Å². The molecule has 0 bridgehead atoms. The Kier molecular flexibility index (Phi) is 13.7. The molecule has 0 nitrogen and oxygen atoms in total. The Bertz CT molecular complexity index is 1730. The monoisotopic (exact) mass is 676 g/mol. The molecule has 0 aliphatic rings. The van der Waals surface area contributed by atoms with Crippen molar-refractivity contribution in [1.82, 2.24) is 0 Å². The lowest BCUT2D eigenvalue weighted by Gasteiger charge is -2.06. The topological polar surface area (TPSA) is 0 Å². The molecule has 0 aliphatic heterocycles. The molecule has 0 saturated carbocycles. The van der Waals surface area contributed by atoms with Gasteiger partial charge < -0.3 is 0 Å². The number of benzene rings is 4. The summed E-state index contributed by atoms with van der Waals surface area (Å²) in [6, 6.07) is 24.3. The third-order valence-corrected chi connectivity index (χ3v) is 13.3. The number of rotatable bonds is 22. The molecule has 0 unspecified atom stereocenters. The number of hydrogen-bond acceptors (Lipinski definition) is 2. The molecule has 256 valence electrons. The number of hydrogen-bond donors (Lipinski definition) is 0. The molecule has 6 rings (SSSR count). The van der Waals surface area contributed by atoms with E-state index in [1.54, 1.807) is 0 Å². The van der Waals surface area contributed by atoms with Crippen molar-refractivity contribution in [2.75, 3.05) is 0 Å². The van der Waals surface area contributed by atoms with Gasteiger partial charge in [0.05, 0.1) is 9.40 Å². The summed E-state index contributed by atoms with van der Waals surface area (Å²) in [5.41, 5.74) is 3.01. The van der Waals surface area contributed by atoms with E-state index in [9.17, 15) is 0 Å². The highest BCUT2D eigenvalue weighted by Crippen LogP contribution is 2.46. The second kappa shape index (κ2) is 18.5. The third-order valence-electron chi connectivity index (χ3n) is 10.8. The van der Waals surface area contributed by atoms with Gasteiger partial charge in [0, 0.05) is 20.2 Å². The van der Waals surface area contributed by atoms with E-state index in [0.717, 1.165) is 0 Å². The summed E-state index contributed by atoms with van der Waals surface area (Å²) in [6.07, 6.45) is 30.4. The van der Waals surface area contributed by atoms with Gasteiger partial charge in [-0.05, 0) is 82.6 Å². The van der Waals surface area contributed by atoms with Gasteiger partial charge in [-0.1, -0.05) is 166 Å². The van der Waals surface area contributed by atoms with Gasteiger partial charge in [0.15, 0.2) is 0 Å². The highest BCUT2D eigenvalue weighted by atomic mass is 32.1. The van der Waals surface area contributed by atoms with Crippen molar-refractivity contribution in [3.8, 4) is 0 Å². The van der Waals surface area contributed by atoms with Crippen molar-refractivity contribution in [1.29, 1.82) is 0 Å². The fraction of sp³-hybridized carbons (Fsp3) is 0.522. The molecule has 0 saturated heterocycles. The maximum Gasteiger partial charge on any atom is 0.0542 e. The molecule has 48 heavy (non-hydrogen) atoms. The second-order valence-electron chi connectivity index (χ2n) is 14.8. The Morgan fingerprint density at radius 1 is 0.354 bits per heavy atom. The van der Waals surface area contributed by atoms with Crippen LogP contribution in [0.25, 0.3) is 51.1 Å². The van der Waals surface area contributed by atoms with Crippen LogP contribution in [0.4, 0.5) is 0 Å². The van der Waals surface area contributed by atoms with Gasteiger partial charge in [-0.3, -0.25) is 0 Å². The van der Waals surface area contributed by atoms with Crippen molar-refractivity contribution in [3.05, 3.63) is 71.8 Å². The van der Waals surface area contributed by atoms with Crippen LogP contribution in [-0.4, -0.2) is 0 Å². The van der Waals surface area contributed by atoms with Gasteiger partial charge in [0.2, 0.25) is 0 Å². The number of aryl methyl sites for hydroxylation is 2. The van der Waals surface area contributed by atoms with E-state index in [-0.39, 0.29) is 0 Å². The summed E-state index contributed by atoms with van der Waals surface area (Å²) in [5, 5.41) is 8.48. The van der Waals surface area contributed by atoms with E-state index in [1.807, 2.05) is 22.7 Å². The zero-order valence-electron chi connectivity index (χ0n) is 30.1. The summed E-state index contributed by atoms with van der Waals surface area (Å²) in [4.78, 5) is 0. The van der Waals surface area contributed by atoms with Crippen LogP contribution in [-0.2, 0) is 12.8 Å². The first-order valence-corrected chi connectivity index (χ1v) is 21.6. The Morgan fingerprint density at radius 3 is 1.08 bits per heavy atom. The molecular weight excluding hydrogens is 617 g/mol. The molecule has 2 heteroatoms. The van der Waals surface area contributed by atoms with Crippen LogP contribution >= 0.6 is 22.7 Å². The zero-order valence-corrected chi connectivity index (χ0v) is 31.8. The van der Waals surface area contributed by atoms with Gasteiger partial charge in [-0.25, -0.2) is 0 Å². The van der Waals surface area contributed by atoms with E-state index >= 15 is 0 Å². The molecule has 0 atom stereocenters. The predicted octanol–water partition coefficient (Wildman–Crippen LogP) is 16.5. The molecule has 4 aromatic carbocycles. The Labute approximate surface area is 299 Å². The average Bonchev–Trinajstić information content (AvgIpc) is 3.62. The molecule has 6 aromatic rings. The molecule has 2 aromatic heterocycles. The van der Waals surface area contributed by atoms with Gasteiger partial charge in [0.1, 0.15) is 0 Å². The van der Waals surface area contributed by atoms with Crippen LogP contribution in [0.2, 0.25) is 0 Å². The third kappa shape index (κ3) is 9.42. The second-order valence-corrected chi connectivity index (χ2v) is 16.9. The molecule has 0 radical (unpaired) electrons. The van der Waals surface area contributed by atoms with E-state index in [4.69, 9.17) is 0 Å². The Morgan fingerprint density at radius 2 is 0.708 bits per heavy atom. The number of unbranched alkanes of at least 4 members (excludes halogenated alkanes) is 18. The van der Waals surface area contributed by atoms with Crippen molar-refractivity contribution in [3.63, 3.8) is 0 Å². The first kappa shape index (κ1) is 35.4. The lowest BCUT2D eigenvalue weighted by atomic mass is 10.00. The fourth-order valence-corrected chi connectivity index (χ4v) is 10.5. The van der Waals surface area contributed by atoms with Gasteiger partial charge in [-0.15, -0.1) is 22.7 Å². The minimum atomic E-state index is 1.21. The molecule has 0 fully saturated rings. The SMILES string of the molecule is CCCCCCCCCCCCc1ccc2cc3sc4c5cc6cc(CCCCCCCCCCCC)ccc6cc5sc4c3cc2c1. The summed E-state index contributed by atoms with van der Waals surface area (Å²) in [7, 11) is 0. The molecule has 0 spiro atoms. The highest BCUT2D eigenvalue weighted by molar-refractivity contribution is 7.36. The molecular formula is C46H60S2. The standard InChI is InChI=1S/C46H60S2/c1-3-5-7-9-11-13-15-17-19-21-23-35-25-27-37-33-43-41(31-39(37)29-35)45-46(47-43)42-32-40-30-36(26-28-38(40)34-44(42)48-45)24-22-20-18-16-14-12-10-8-6-4-2/h25-34H,3-24H2,1-2H3.